The van der Waals surface area contributed by atoms with Crippen molar-refractivity contribution in [2.75, 3.05) is 0 Å². The second kappa shape index (κ2) is 5.97. The number of hydrogen-bond donors (Lipinski definition) is 0. The molecule has 0 aromatic carbocycles. The molecule has 2 nitrogen and oxygen atoms in total. The van der Waals surface area contributed by atoms with Gasteiger partial charge in [-0.3, -0.25) is 0 Å². The molecule has 0 radical (unpaired) electrons. The van der Waals surface area contributed by atoms with Gasteiger partial charge in [0.25, 0.3) is 0 Å². The van der Waals surface area contributed by atoms with Gasteiger partial charge in [0, 0.05) is 0 Å². The molecule has 0 saturated heterocycles. The molecule has 0 N–H and O–H groups in total. The lowest BCUT2D eigenvalue weighted by molar-refractivity contribution is 0.569. The van der Waals surface area contributed by atoms with Crippen LogP contribution in [-0.4, -0.2) is 10.2 Å². The van der Waals surface area contributed by atoms with E-state index in [2.05, 4.69) is 23.2 Å². The molecule has 0 amide bonds. The zero-order valence-electron chi connectivity index (χ0n) is 10.3. The van der Waals surface area contributed by atoms with Crippen molar-refractivity contribution in [1.82, 2.24) is 10.2 Å². The van der Waals surface area contributed by atoms with E-state index in [9.17, 15) is 0 Å². The first-order valence-corrected chi connectivity index (χ1v) is 6.68. The van der Waals surface area contributed by atoms with E-state index in [1.807, 2.05) is 0 Å². The van der Waals surface area contributed by atoms with E-state index in [0.29, 0.717) is 0 Å². The van der Waals surface area contributed by atoms with Crippen molar-refractivity contribution in [2.45, 2.75) is 64.7 Å². The fourth-order valence-electron chi connectivity index (χ4n) is 2.42. The van der Waals surface area contributed by atoms with Crippen molar-refractivity contribution >= 4 is 0 Å². The van der Waals surface area contributed by atoms with E-state index in [4.69, 9.17) is 0 Å². The maximum atomic E-state index is 4.29. The van der Waals surface area contributed by atoms with Crippen LogP contribution < -0.4 is 0 Å². The van der Waals surface area contributed by atoms with Crippen molar-refractivity contribution < 1.29 is 0 Å². The number of aromatic nitrogens is 2. The van der Waals surface area contributed by atoms with Crippen LogP contribution in [0.5, 0.6) is 0 Å². The molecule has 0 atom stereocenters. The van der Waals surface area contributed by atoms with Crippen LogP contribution in [0.2, 0.25) is 0 Å². The molecule has 1 aromatic heterocycles. The third-order valence-electron chi connectivity index (χ3n) is 3.51. The maximum Gasteiger partial charge on any atom is 0.0634 e. The Bertz CT molecular complexity index is 334. The molecule has 0 spiro atoms. The molecular weight excluding hydrogens is 196 g/mol. The molecule has 0 unspecified atom stereocenters. The van der Waals surface area contributed by atoms with Gasteiger partial charge in [-0.05, 0) is 44.2 Å². The minimum atomic E-state index is 1.11. The molecule has 1 aromatic rings. The molecule has 2 rings (SSSR count). The summed E-state index contributed by atoms with van der Waals surface area (Å²) in [6, 6.07) is 2.28. The van der Waals surface area contributed by atoms with Gasteiger partial charge in [-0.2, -0.15) is 10.2 Å². The van der Waals surface area contributed by atoms with Gasteiger partial charge in [0.05, 0.1) is 11.4 Å². The predicted octanol–water partition coefficient (Wildman–Crippen LogP) is 3.61. The van der Waals surface area contributed by atoms with Crippen molar-refractivity contribution in [2.24, 2.45) is 0 Å². The van der Waals surface area contributed by atoms with Crippen molar-refractivity contribution in [1.29, 1.82) is 0 Å². The summed E-state index contributed by atoms with van der Waals surface area (Å²) >= 11 is 0. The summed E-state index contributed by atoms with van der Waals surface area (Å²) in [6.07, 6.45) is 11.8. The Morgan fingerprint density at radius 1 is 0.812 bits per heavy atom. The number of hydrogen-bond acceptors (Lipinski definition) is 2. The summed E-state index contributed by atoms with van der Waals surface area (Å²) in [5.74, 6) is 0. The highest BCUT2D eigenvalue weighted by Crippen LogP contribution is 2.16. The maximum absolute atomic E-state index is 4.29. The lowest BCUT2D eigenvalue weighted by Gasteiger charge is -2.09. The van der Waals surface area contributed by atoms with Crippen LogP contribution >= 0.6 is 0 Å². The second-order valence-electron chi connectivity index (χ2n) is 4.92. The van der Waals surface area contributed by atoms with Crippen LogP contribution in [0.4, 0.5) is 0 Å². The van der Waals surface area contributed by atoms with Gasteiger partial charge in [-0.25, -0.2) is 0 Å². The molecule has 0 aliphatic heterocycles. The van der Waals surface area contributed by atoms with E-state index in [1.165, 1.54) is 62.6 Å². The van der Waals surface area contributed by atoms with Gasteiger partial charge < -0.3 is 0 Å². The van der Waals surface area contributed by atoms with Gasteiger partial charge in [0.1, 0.15) is 0 Å². The Labute approximate surface area is 98.5 Å². The summed E-state index contributed by atoms with van der Waals surface area (Å²) in [5, 5.41) is 8.57. The summed E-state index contributed by atoms with van der Waals surface area (Å²) in [6.45, 7) is 2.08. The minimum absolute atomic E-state index is 1.11. The van der Waals surface area contributed by atoms with E-state index in [1.54, 1.807) is 0 Å². The van der Waals surface area contributed by atoms with Gasteiger partial charge in [-0.15, -0.1) is 0 Å². The Hall–Kier alpha value is -0.920. The molecule has 16 heavy (non-hydrogen) atoms. The van der Waals surface area contributed by atoms with Crippen molar-refractivity contribution in [3.8, 4) is 0 Å². The first-order valence-electron chi connectivity index (χ1n) is 6.68. The summed E-state index contributed by atoms with van der Waals surface area (Å²) < 4.78 is 0. The zero-order chi connectivity index (χ0) is 11.2. The molecule has 1 aliphatic rings. The highest BCUT2D eigenvalue weighted by atomic mass is 15.1. The van der Waals surface area contributed by atoms with Crippen molar-refractivity contribution in [3.05, 3.63) is 23.0 Å². The quantitative estimate of drug-likeness (QED) is 0.664. The SMILES string of the molecule is Cc1nnc2cc1CCCCCCCCC2. The molecule has 1 heterocycles. The number of aryl methyl sites for hydroxylation is 3. The molecule has 2 bridgehead atoms. The van der Waals surface area contributed by atoms with E-state index < -0.39 is 0 Å². The smallest absolute Gasteiger partial charge is 0.0634 e. The predicted molar refractivity (Wildman–Crippen MR) is 66.5 cm³/mol. The fraction of sp³-hybridized carbons (Fsp3) is 0.714. The van der Waals surface area contributed by atoms with Crippen LogP contribution in [0.15, 0.2) is 6.07 Å². The molecular formula is C14H22N2. The van der Waals surface area contributed by atoms with Crippen LogP contribution in [-0.2, 0) is 12.8 Å². The van der Waals surface area contributed by atoms with Crippen LogP contribution in [0.25, 0.3) is 0 Å². The lowest BCUT2D eigenvalue weighted by atomic mass is 10.0. The highest BCUT2D eigenvalue weighted by molar-refractivity contribution is 5.20. The summed E-state index contributed by atoms with van der Waals surface area (Å²) in [4.78, 5) is 0. The van der Waals surface area contributed by atoms with E-state index in [0.717, 1.165) is 12.1 Å². The highest BCUT2D eigenvalue weighted by Gasteiger charge is 2.05. The molecule has 1 aliphatic carbocycles. The molecule has 0 saturated carbocycles. The molecule has 0 fully saturated rings. The molecule has 2 heteroatoms. The van der Waals surface area contributed by atoms with Crippen LogP contribution in [0.1, 0.15) is 61.9 Å². The number of nitrogens with zero attached hydrogens (tertiary/aromatic N) is 2. The zero-order valence-corrected chi connectivity index (χ0v) is 10.3. The average Bonchev–Trinajstić information content (AvgIpc) is 2.28. The Kier molecular flexibility index (Phi) is 4.32. The third kappa shape index (κ3) is 3.29. The molecule has 88 valence electrons. The lowest BCUT2D eigenvalue weighted by Crippen LogP contribution is -2.01. The first-order chi connectivity index (χ1) is 7.86. The van der Waals surface area contributed by atoms with Gasteiger partial charge in [0.2, 0.25) is 0 Å². The minimum Gasteiger partial charge on any atom is -0.155 e. The number of fused-ring (bicyclic) bond motifs is 2. The Balaban J connectivity index is 2.09. The fourth-order valence-corrected chi connectivity index (χ4v) is 2.42. The normalized spacial score (nSPS) is 18.6. The van der Waals surface area contributed by atoms with Crippen molar-refractivity contribution in [3.63, 3.8) is 0 Å². The Morgan fingerprint density at radius 3 is 2.19 bits per heavy atom. The van der Waals surface area contributed by atoms with Crippen LogP contribution in [0.3, 0.4) is 0 Å². The third-order valence-corrected chi connectivity index (χ3v) is 3.51. The summed E-state index contributed by atoms with van der Waals surface area (Å²) in [7, 11) is 0. The van der Waals surface area contributed by atoms with E-state index in [-0.39, 0.29) is 0 Å². The monoisotopic (exact) mass is 218 g/mol. The van der Waals surface area contributed by atoms with Gasteiger partial charge >= 0.3 is 0 Å². The van der Waals surface area contributed by atoms with E-state index >= 15 is 0 Å². The summed E-state index contributed by atoms with van der Waals surface area (Å²) in [5.41, 5.74) is 3.74. The van der Waals surface area contributed by atoms with Crippen LogP contribution in [0, 0.1) is 6.92 Å². The topological polar surface area (TPSA) is 25.8 Å². The number of rotatable bonds is 0. The standard InChI is InChI=1S/C14H22N2/c1-12-13-9-7-5-3-2-4-6-8-10-14(11-13)16-15-12/h11H,2-10H2,1H3. The Morgan fingerprint density at radius 2 is 1.44 bits per heavy atom. The average molecular weight is 218 g/mol. The largest absolute Gasteiger partial charge is 0.155 e. The van der Waals surface area contributed by atoms with Gasteiger partial charge in [-0.1, -0.05) is 32.1 Å². The first kappa shape index (κ1) is 11.6. The second-order valence-corrected chi connectivity index (χ2v) is 4.92. The van der Waals surface area contributed by atoms with Gasteiger partial charge in [0.15, 0.2) is 0 Å².